The van der Waals surface area contributed by atoms with E-state index in [-0.39, 0.29) is 0 Å². The zero-order valence-corrected chi connectivity index (χ0v) is 17.5. The Morgan fingerprint density at radius 3 is 2.81 bits per heavy atom. The van der Waals surface area contributed by atoms with E-state index >= 15 is 0 Å². The number of aromatic amines is 1. The number of benzene rings is 2. The fraction of sp³-hybridized carbons (Fsp3) is 0.240. The van der Waals surface area contributed by atoms with Crippen LogP contribution in [-0.2, 0) is 5.79 Å². The van der Waals surface area contributed by atoms with E-state index in [9.17, 15) is 0 Å². The molecular formula is C25H28N6. The highest BCUT2D eigenvalue weighted by molar-refractivity contribution is 5.85. The number of nitrogens with one attached hydrogen (secondary N) is 3. The lowest BCUT2D eigenvalue weighted by Crippen LogP contribution is -2.52. The summed E-state index contributed by atoms with van der Waals surface area (Å²) in [4.78, 5) is 10.5. The van der Waals surface area contributed by atoms with Crippen molar-refractivity contribution in [3.05, 3.63) is 84.2 Å². The lowest BCUT2D eigenvalue weighted by molar-refractivity contribution is 0.340. The van der Waals surface area contributed by atoms with Gasteiger partial charge in [0.25, 0.3) is 0 Å². The Morgan fingerprint density at radius 2 is 1.94 bits per heavy atom. The Balaban J connectivity index is 1.26. The highest BCUT2D eigenvalue weighted by Crippen LogP contribution is 2.28. The molecule has 0 radical (unpaired) electrons. The molecule has 2 aliphatic rings. The lowest BCUT2D eigenvalue weighted by atomic mass is 10.0. The molecule has 0 saturated heterocycles. The summed E-state index contributed by atoms with van der Waals surface area (Å²) in [5.74, 6) is -0.106. The number of aromatic nitrogens is 1. The minimum absolute atomic E-state index is 0.883. The molecule has 6 heteroatoms. The molecule has 5 N–H and O–H groups in total. The molecule has 3 heterocycles. The first-order valence-corrected chi connectivity index (χ1v) is 10.8. The van der Waals surface area contributed by atoms with Crippen LogP contribution in [0.4, 0.5) is 0 Å². The van der Waals surface area contributed by atoms with E-state index in [4.69, 9.17) is 5.73 Å². The van der Waals surface area contributed by atoms with Crippen LogP contribution in [0.15, 0.2) is 83.6 Å². The second kappa shape index (κ2) is 8.41. The van der Waals surface area contributed by atoms with Gasteiger partial charge in [0.05, 0.1) is 0 Å². The van der Waals surface area contributed by atoms with Crippen molar-refractivity contribution >= 4 is 17.1 Å². The largest absolute Gasteiger partial charge is 0.372 e. The van der Waals surface area contributed by atoms with Crippen molar-refractivity contribution in [2.45, 2.75) is 12.2 Å². The molecule has 0 fully saturated rings. The van der Waals surface area contributed by atoms with Gasteiger partial charge in [0.1, 0.15) is 5.82 Å². The van der Waals surface area contributed by atoms with E-state index in [0.717, 1.165) is 60.8 Å². The third-order valence-electron chi connectivity index (χ3n) is 5.85. The highest BCUT2D eigenvalue weighted by atomic mass is 15.3. The molecule has 6 nitrogen and oxygen atoms in total. The zero-order chi connectivity index (χ0) is 21.1. The third-order valence-corrected chi connectivity index (χ3v) is 5.85. The van der Waals surface area contributed by atoms with Gasteiger partial charge in [-0.25, -0.2) is 4.99 Å². The van der Waals surface area contributed by atoms with Crippen LogP contribution in [0.2, 0.25) is 0 Å². The number of allylic oxidation sites excluding steroid dienone is 1. The summed E-state index contributed by atoms with van der Waals surface area (Å²) < 4.78 is 0. The fourth-order valence-corrected chi connectivity index (χ4v) is 4.14. The number of hydrogen-bond donors (Lipinski definition) is 4. The molecule has 158 valence electrons. The molecule has 0 bridgehead atoms. The van der Waals surface area contributed by atoms with Crippen LogP contribution in [0.25, 0.3) is 22.2 Å². The molecule has 31 heavy (non-hydrogen) atoms. The maximum Gasteiger partial charge on any atom is 0.210 e. The van der Waals surface area contributed by atoms with Crippen molar-refractivity contribution in [3.63, 3.8) is 0 Å². The van der Waals surface area contributed by atoms with Crippen LogP contribution in [0, 0.1) is 0 Å². The van der Waals surface area contributed by atoms with Gasteiger partial charge in [0.2, 0.25) is 5.79 Å². The summed E-state index contributed by atoms with van der Waals surface area (Å²) in [6, 6.07) is 18.7. The zero-order valence-electron chi connectivity index (χ0n) is 17.5. The number of para-hydroxylation sites is 1. The van der Waals surface area contributed by atoms with Gasteiger partial charge in [-0.2, -0.15) is 0 Å². The Morgan fingerprint density at radius 1 is 1.06 bits per heavy atom. The van der Waals surface area contributed by atoms with E-state index in [1.165, 1.54) is 5.39 Å². The molecule has 0 amide bonds. The number of nitrogens with two attached hydrogens (primary N) is 1. The predicted octanol–water partition coefficient (Wildman–Crippen LogP) is 3.27. The third kappa shape index (κ3) is 4.26. The summed E-state index contributed by atoms with van der Waals surface area (Å²) in [7, 11) is 0. The normalized spacial score (nSPS) is 20.7. The topological polar surface area (TPSA) is 81.5 Å². The molecule has 3 aromatic rings. The minimum atomic E-state index is -1.00. The molecule has 1 atom stereocenters. The van der Waals surface area contributed by atoms with Gasteiger partial charge in [-0.1, -0.05) is 48.6 Å². The first-order chi connectivity index (χ1) is 15.2. The molecule has 2 aliphatic heterocycles. The number of H-pyrrole nitrogens is 1. The lowest BCUT2D eigenvalue weighted by Gasteiger charge is -2.32. The Hall–Kier alpha value is -3.35. The molecule has 0 spiro atoms. The first-order valence-electron chi connectivity index (χ1n) is 10.8. The van der Waals surface area contributed by atoms with Crippen LogP contribution in [0.1, 0.15) is 12.0 Å². The smallest absolute Gasteiger partial charge is 0.210 e. The molecular weight excluding hydrogens is 384 g/mol. The van der Waals surface area contributed by atoms with Crippen LogP contribution in [-0.4, -0.2) is 42.3 Å². The molecule has 0 aliphatic carbocycles. The molecule has 1 unspecified atom stereocenters. The molecule has 0 saturated carbocycles. The molecule has 1 aromatic heterocycles. The average molecular weight is 413 g/mol. The van der Waals surface area contributed by atoms with E-state index in [1.54, 1.807) is 6.21 Å². The summed E-state index contributed by atoms with van der Waals surface area (Å²) in [6.07, 6.45) is 9.23. The van der Waals surface area contributed by atoms with Crippen molar-refractivity contribution in [3.8, 4) is 11.3 Å². The average Bonchev–Trinajstić information content (AvgIpc) is 3.47. The SMILES string of the molecule is NC1(c2cccc(-c3cc4ccccc4[nH]3)c2)N=CC=C(NCCCN2CC=CC2)N1. The van der Waals surface area contributed by atoms with Crippen molar-refractivity contribution < 1.29 is 0 Å². The standard InChI is InChI=1S/C25H28N6/c26-25(28-13-11-24(30-25)27-12-6-16-31-14-3-4-15-31)21-9-5-8-19(17-21)23-18-20-7-1-2-10-22(20)29-23/h1-5,7-11,13,17-18,27,29-30H,6,12,14-16,26H2. The number of rotatable bonds is 7. The maximum atomic E-state index is 6.68. The Labute approximate surface area is 182 Å². The summed E-state index contributed by atoms with van der Waals surface area (Å²) in [5.41, 5.74) is 10.9. The second-order valence-electron chi connectivity index (χ2n) is 8.11. The summed E-state index contributed by atoms with van der Waals surface area (Å²) in [5, 5.41) is 8.03. The number of aliphatic imine (C=N–C) groups is 1. The molecule has 5 rings (SSSR count). The van der Waals surface area contributed by atoms with Crippen LogP contribution >= 0.6 is 0 Å². The van der Waals surface area contributed by atoms with Gasteiger partial charge in [-0.15, -0.1) is 0 Å². The van der Waals surface area contributed by atoms with Crippen molar-refractivity contribution in [2.24, 2.45) is 10.7 Å². The fourth-order valence-electron chi connectivity index (χ4n) is 4.14. The minimum Gasteiger partial charge on any atom is -0.372 e. The van der Waals surface area contributed by atoms with Crippen LogP contribution < -0.4 is 16.4 Å². The maximum absolute atomic E-state index is 6.68. The number of fused-ring (bicyclic) bond motifs is 1. The van der Waals surface area contributed by atoms with Crippen molar-refractivity contribution in [2.75, 3.05) is 26.2 Å². The van der Waals surface area contributed by atoms with Crippen LogP contribution in [0.5, 0.6) is 0 Å². The van der Waals surface area contributed by atoms with Gasteiger partial charge >= 0.3 is 0 Å². The number of hydrogen-bond acceptors (Lipinski definition) is 5. The quantitative estimate of drug-likeness (QED) is 0.355. The van der Waals surface area contributed by atoms with Gasteiger partial charge in [0.15, 0.2) is 0 Å². The van der Waals surface area contributed by atoms with Crippen molar-refractivity contribution in [1.29, 1.82) is 0 Å². The van der Waals surface area contributed by atoms with E-state index < -0.39 is 5.79 Å². The van der Waals surface area contributed by atoms with Crippen molar-refractivity contribution in [1.82, 2.24) is 20.5 Å². The number of nitrogens with zero attached hydrogens (tertiary/aromatic N) is 2. The first kappa shape index (κ1) is 19.6. The van der Waals surface area contributed by atoms with Gasteiger partial charge in [-0.05, 0) is 36.3 Å². The predicted molar refractivity (Wildman–Crippen MR) is 128 cm³/mol. The summed E-state index contributed by atoms with van der Waals surface area (Å²) in [6.45, 7) is 4.09. The van der Waals surface area contributed by atoms with Gasteiger partial charge in [0, 0.05) is 54.6 Å². The van der Waals surface area contributed by atoms with E-state index in [2.05, 4.69) is 74.1 Å². The second-order valence-corrected chi connectivity index (χ2v) is 8.11. The Kier molecular flexibility index (Phi) is 5.32. The van der Waals surface area contributed by atoms with E-state index in [0.29, 0.717) is 0 Å². The Bertz CT molecular complexity index is 1120. The van der Waals surface area contributed by atoms with Gasteiger partial charge < -0.3 is 15.6 Å². The van der Waals surface area contributed by atoms with Crippen LogP contribution in [0.3, 0.4) is 0 Å². The molecule has 2 aromatic carbocycles. The highest BCUT2D eigenvalue weighted by Gasteiger charge is 2.28. The monoisotopic (exact) mass is 412 g/mol. The summed E-state index contributed by atoms with van der Waals surface area (Å²) >= 11 is 0. The van der Waals surface area contributed by atoms with E-state index in [1.807, 2.05) is 24.3 Å². The van der Waals surface area contributed by atoms with Gasteiger partial charge in [-0.3, -0.25) is 10.6 Å².